The topological polar surface area (TPSA) is 94.3 Å². The van der Waals surface area contributed by atoms with E-state index in [1.807, 2.05) is 6.92 Å². The van der Waals surface area contributed by atoms with E-state index in [0.29, 0.717) is 23.8 Å². The van der Waals surface area contributed by atoms with Gasteiger partial charge >= 0.3 is 6.18 Å². The number of fused-ring (bicyclic) bond motifs is 1. The van der Waals surface area contributed by atoms with E-state index < -0.39 is 21.8 Å². The Balaban J connectivity index is 1.76. The van der Waals surface area contributed by atoms with E-state index in [1.54, 1.807) is 0 Å². The van der Waals surface area contributed by atoms with Crippen molar-refractivity contribution in [1.82, 2.24) is 10.1 Å². The molecule has 0 saturated carbocycles. The first-order valence-corrected chi connectivity index (χ1v) is 10.4. The van der Waals surface area contributed by atoms with Crippen molar-refractivity contribution in [3.8, 4) is 17.2 Å². The normalized spacial score (nSPS) is 16.2. The largest absolute Gasteiger partial charge is 0.490 e. The molecule has 2 aromatic carbocycles. The third-order valence-electron chi connectivity index (χ3n) is 4.53. The van der Waals surface area contributed by atoms with E-state index in [2.05, 4.69) is 14.9 Å². The van der Waals surface area contributed by atoms with Gasteiger partial charge in [-0.25, -0.2) is 8.42 Å². The van der Waals surface area contributed by atoms with Crippen LogP contribution in [0.5, 0.6) is 5.75 Å². The highest BCUT2D eigenvalue weighted by molar-refractivity contribution is 7.92. The Morgan fingerprint density at radius 3 is 2.60 bits per heavy atom. The first-order valence-electron chi connectivity index (χ1n) is 8.87. The maximum absolute atomic E-state index is 13.2. The van der Waals surface area contributed by atoms with Gasteiger partial charge in [-0.1, -0.05) is 5.16 Å². The fraction of sp³-hybridized carbons (Fsp3) is 0.263. The summed E-state index contributed by atoms with van der Waals surface area (Å²) in [4.78, 5) is 3.89. The molecule has 1 unspecified atom stereocenters. The van der Waals surface area contributed by atoms with Crippen molar-refractivity contribution in [1.29, 1.82) is 0 Å². The second-order valence-electron chi connectivity index (χ2n) is 6.91. The van der Waals surface area contributed by atoms with E-state index in [1.165, 1.54) is 25.1 Å². The van der Waals surface area contributed by atoms with Crippen LogP contribution in [0.4, 0.5) is 18.9 Å². The lowest BCUT2D eigenvalue weighted by Crippen LogP contribution is -2.15. The molecule has 11 heteroatoms. The highest BCUT2D eigenvalue weighted by Crippen LogP contribution is 2.37. The fourth-order valence-electron chi connectivity index (χ4n) is 3.17. The highest BCUT2D eigenvalue weighted by atomic mass is 32.2. The lowest BCUT2D eigenvalue weighted by atomic mass is 10.1. The summed E-state index contributed by atoms with van der Waals surface area (Å²) < 4.78 is 78.3. The molecule has 1 aliphatic rings. The monoisotopic (exact) mass is 439 g/mol. The van der Waals surface area contributed by atoms with Crippen molar-refractivity contribution in [3.05, 3.63) is 53.3 Å². The second kappa shape index (κ2) is 7.01. The van der Waals surface area contributed by atoms with E-state index in [9.17, 15) is 21.6 Å². The standard InChI is InChI=1S/C19H16F3N3O4S/c1-10-7-12-8-14(4-6-17(12)28-10)30(26,27)25-16-9-13(19(20,21)22)3-5-15(16)18-23-11(2)24-29-18/h3-6,8-10,25H,7H2,1-2H3. The minimum atomic E-state index is -4.66. The SMILES string of the molecule is Cc1noc(-c2ccc(C(F)(F)F)cc2NS(=O)(=O)c2ccc3c(c2)CC(C)O3)n1. The molecule has 1 aliphatic heterocycles. The molecular weight excluding hydrogens is 423 g/mol. The number of hydrogen-bond donors (Lipinski definition) is 1. The number of alkyl halides is 3. The van der Waals surface area contributed by atoms with Crippen LogP contribution in [0.15, 0.2) is 45.8 Å². The smallest absolute Gasteiger partial charge is 0.416 e. The molecule has 0 aliphatic carbocycles. The predicted octanol–water partition coefficient (Wildman–Crippen LogP) is 4.19. The Morgan fingerprint density at radius 2 is 1.93 bits per heavy atom. The molecular formula is C19H16F3N3O4S. The molecule has 1 aromatic heterocycles. The molecule has 3 aromatic rings. The quantitative estimate of drug-likeness (QED) is 0.655. The minimum absolute atomic E-state index is 0.0327. The third kappa shape index (κ3) is 3.84. The van der Waals surface area contributed by atoms with Crippen molar-refractivity contribution >= 4 is 15.7 Å². The number of rotatable bonds is 4. The molecule has 2 heterocycles. The van der Waals surface area contributed by atoms with Crippen molar-refractivity contribution in [2.75, 3.05) is 4.72 Å². The number of halogens is 3. The average Bonchev–Trinajstić information content (AvgIpc) is 3.24. The summed E-state index contributed by atoms with van der Waals surface area (Å²) in [5, 5.41) is 3.61. The molecule has 0 amide bonds. The highest BCUT2D eigenvalue weighted by Gasteiger charge is 2.32. The predicted molar refractivity (Wildman–Crippen MR) is 101 cm³/mol. The number of benzene rings is 2. The lowest BCUT2D eigenvalue weighted by Gasteiger charge is -2.14. The Hall–Kier alpha value is -3.08. The van der Waals surface area contributed by atoms with Gasteiger partial charge in [-0.15, -0.1) is 0 Å². The van der Waals surface area contributed by atoms with Gasteiger partial charge in [-0.3, -0.25) is 4.72 Å². The number of nitrogens with zero attached hydrogens (tertiary/aromatic N) is 2. The molecule has 7 nitrogen and oxygen atoms in total. The van der Waals surface area contributed by atoms with Crippen molar-refractivity contribution < 1.29 is 30.8 Å². The summed E-state index contributed by atoms with van der Waals surface area (Å²) in [5.41, 5.74) is -0.595. The number of aromatic nitrogens is 2. The van der Waals surface area contributed by atoms with Gasteiger partial charge in [0.1, 0.15) is 11.9 Å². The maximum Gasteiger partial charge on any atom is 0.416 e. The molecule has 30 heavy (non-hydrogen) atoms. The molecule has 1 atom stereocenters. The average molecular weight is 439 g/mol. The summed E-state index contributed by atoms with van der Waals surface area (Å²) >= 11 is 0. The van der Waals surface area contributed by atoms with Gasteiger partial charge in [0.15, 0.2) is 5.82 Å². The Kier molecular flexibility index (Phi) is 4.72. The van der Waals surface area contributed by atoms with Crippen LogP contribution < -0.4 is 9.46 Å². The first kappa shape index (κ1) is 20.2. The number of aryl methyl sites for hydroxylation is 1. The number of sulfonamides is 1. The van der Waals surface area contributed by atoms with E-state index >= 15 is 0 Å². The zero-order valence-electron chi connectivity index (χ0n) is 15.8. The summed E-state index contributed by atoms with van der Waals surface area (Å²) in [5.74, 6) is 0.740. The van der Waals surface area contributed by atoms with Gasteiger partial charge in [0.2, 0.25) is 0 Å². The van der Waals surface area contributed by atoms with Crippen LogP contribution in [0.3, 0.4) is 0 Å². The first-order chi connectivity index (χ1) is 14.0. The van der Waals surface area contributed by atoms with Crippen LogP contribution in [-0.2, 0) is 22.6 Å². The minimum Gasteiger partial charge on any atom is -0.490 e. The van der Waals surface area contributed by atoms with Crippen LogP contribution in [0.25, 0.3) is 11.5 Å². The third-order valence-corrected chi connectivity index (χ3v) is 5.89. The van der Waals surface area contributed by atoms with Gasteiger partial charge in [0.25, 0.3) is 15.9 Å². The number of ether oxygens (including phenoxy) is 1. The van der Waals surface area contributed by atoms with Crippen LogP contribution in [0.1, 0.15) is 23.9 Å². The summed E-state index contributed by atoms with van der Waals surface area (Å²) in [6, 6.07) is 6.92. The Morgan fingerprint density at radius 1 is 1.17 bits per heavy atom. The van der Waals surface area contributed by atoms with Crippen LogP contribution in [0.2, 0.25) is 0 Å². The van der Waals surface area contributed by atoms with Gasteiger partial charge in [0.05, 0.1) is 21.7 Å². The zero-order valence-corrected chi connectivity index (χ0v) is 16.6. The summed E-state index contributed by atoms with van der Waals surface area (Å²) in [7, 11) is -4.20. The van der Waals surface area contributed by atoms with Gasteiger partial charge in [-0.05, 0) is 55.8 Å². The molecule has 4 rings (SSSR count). The van der Waals surface area contributed by atoms with E-state index in [4.69, 9.17) is 9.26 Å². The number of anilines is 1. The molecule has 0 spiro atoms. The van der Waals surface area contributed by atoms with Crippen LogP contribution in [0, 0.1) is 6.92 Å². The van der Waals surface area contributed by atoms with Gasteiger partial charge in [-0.2, -0.15) is 18.2 Å². The van der Waals surface area contributed by atoms with Gasteiger partial charge < -0.3 is 9.26 Å². The summed E-state index contributed by atoms with van der Waals surface area (Å²) in [6.07, 6.45) is -4.21. The second-order valence-corrected chi connectivity index (χ2v) is 8.59. The molecule has 0 saturated heterocycles. The van der Waals surface area contributed by atoms with Crippen molar-refractivity contribution in [2.24, 2.45) is 0 Å². The van der Waals surface area contributed by atoms with Crippen LogP contribution in [-0.4, -0.2) is 24.7 Å². The zero-order chi connectivity index (χ0) is 21.7. The Labute approximate surface area is 169 Å². The lowest BCUT2D eigenvalue weighted by molar-refractivity contribution is -0.137. The number of hydrogen-bond acceptors (Lipinski definition) is 6. The molecule has 158 valence electrons. The molecule has 0 bridgehead atoms. The van der Waals surface area contributed by atoms with E-state index in [0.717, 1.165) is 12.1 Å². The number of nitrogens with one attached hydrogen (secondary N) is 1. The van der Waals surface area contributed by atoms with E-state index in [-0.39, 0.29) is 34.0 Å². The fourth-order valence-corrected chi connectivity index (χ4v) is 4.29. The Bertz CT molecular complexity index is 1220. The molecule has 0 fully saturated rings. The molecule has 0 radical (unpaired) electrons. The summed E-state index contributed by atoms with van der Waals surface area (Å²) in [6.45, 7) is 3.39. The van der Waals surface area contributed by atoms with Crippen LogP contribution >= 0.6 is 0 Å². The molecule has 1 N–H and O–H groups in total. The van der Waals surface area contributed by atoms with Crippen molar-refractivity contribution in [2.45, 2.75) is 37.4 Å². The van der Waals surface area contributed by atoms with Crippen molar-refractivity contribution in [3.63, 3.8) is 0 Å². The maximum atomic E-state index is 13.2. The van der Waals surface area contributed by atoms with Gasteiger partial charge in [0, 0.05) is 6.42 Å².